The highest BCUT2D eigenvalue weighted by molar-refractivity contribution is 7.98. The van der Waals surface area contributed by atoms with Crippen molar-refractivity contribution < 1.29 is 9.50 Å². The van der Waals surface area contributed by atoms with Gasteiger partial charge in [0.05, 0.1) is 0 Å². The maximum atomic E-state index is 13.4. The Kier molecular flexibility index (Phi) is 4.74. The monoisotopic (exact) mass is 304 g/mol. The smallest absolute Gasteiger partial charge is 0.124 e. The van der Waals surface area contributed by atoms with Crippen molar-refractivity contribution in [3.05, 3.63) is 59.5 Å². The van der Waals surface area contributed by atoms with Gasteiger partial charge in [-0.2, -0.15) is 0 Å². The zero-order chi connectivity index (χ0) is 15.6. The molecule has 0 amide bonds. The lowest BCUT2D eigenvalue weighted by Crippen LogP contribution is -2.23. The highest BCUT2D eigenvalue weighted by atomic mass is 32.2. The Hall–Kier alpha value is -1.32. The fourth-order valence-corrected chi connectivity index (χ4v) is 3.11. The molecule has 1 atom stereocenters. The summed E-state index contributed by atoms with van der Waals surface area (Å²) in [6.45, 7) is 6.25. The first kappa shape index (κ1) is 16.1. The van der Waals surface area contributed by atoms with Gasteiger partial charge in [-0.1, -0.05) is 51.1 Å². The third-order valence-corrected chi connectivity index (χ3v) is 4.37. The molecule has 0 heterocycles. The van der Waals surface area contributed by atoms with Gasteiger partial charge in [0.25, 0.3) is 0 Å². The van der Waals surface area contributed by atoms with Gasteiger partial charge in [0.2, 0.25) is 0 Å². The summed E-state index contributed by atoms with van der Waals surface area (Å²) in [5, 5.41) is 10.8. The number of aliphatic hydroxyl groups is 1. The van der Waals surface area contributed by atoms with Crippen LogP contribution in [0.4, 0.5) is 4.39 Å². The Morgan fingerprint density at radius 3 is 2.43 bits per heavy atom. The maximum Gasteiger partial charge on any atom is 0.124 e. The first-order valence-electron chi connectivity index (χ1n) is 6.95. The van der Waals surface area contributed by atoms with Crippen LogP contribution in [0, 0.1) is 11.2 Å². The van der Waals surface area contributed by atoms with Crippen LogP contribution < -0.4 is 0 Å². The summed E-state index contributed by atoms with van der Waals surface area (Å²) in [7, 11) is 0. The first-order chi connectivity index (χ1) is 9.84. The summed E-state index contributed by atoms with van der Waals surface area (Å²) in [5.41, 5.74) is 2.53. The largest absolute Gasteiger partial charge is 0.384 e. The van der Waals surface area contributed by atoms with Crippen LogP contribution in [0.15, 0.2) is 53.0 Å². The van der Waals surface area contributed by atoms with Crippen molar-refractivity contribution in [2.24, 2.45) is 5.41 Å². The number of hydrogen-bond donors (Lipinski definition) is 1. The molecular weight excluding hydrogens is 283 g/mol. The zero-order valence-electron chi connectivity index (χ0n) is 12.9. The minimum atomic E-state index is -0.684. The van der Waals surface area contributed by atoms with Crippen LogP contribution >= 0.6 is 11.8 Å². The molecule has 1 aromatic rings. The second-order valence-corrected chi connectivity index (χ2v) is 6.97. The molecule has 0 aromatic heterocycles. The predicted molar refractivity (Wildman–Crippen MR) is 88.8 cm³/mol. The lowest BCUT2D eigenvalue weighted by Gasteiger charge is -2.29. The van der Waals surface area contributed by atoms with E-state index in [0.717, 1.165) is 21.6 Å². The van der Waals surface area contributed by atoms with Crippen molar-refractivity contribution in [2.45, 2.75) is 31.8 Å². The summed E-state index contributed by atoms with van der Waals surface area (Å²) in [6, 6.07) is 4.70. The first-order valence-corrected chi connectivity index (χ1v) is 8.18. The van der Waals surface area contributed by atoms with Crippen LogP contribution in [0.25, 0.3) is 5.57 Å². The van der Waals surface area contributed by atoms with E-state index in [0.29, 0.717) is 0 Å². The molecule has 1 unspecified atom stereocenters. The molecule has 0 aliphatic heterocycles. The summed E-state index contributed by atoms with van der Waals surface area (Å²) in [4.78, 5) is 0.837. The molecule has 0 saturated heterocycles. The maximum absolute atomic E-state index is 13.4. The van der Waals surface area contributed by atoms with Crippen LogP contribution in [0.1, 0.15) is 26.3 Å². The molecule has 0 fully saturated rings. The van der Waals surface area contributed by atoms with Crippen molar-refractivity contribution in [1.29, 1.82) is 0 Å². The topological polar surface area (TPSA) is 20.2 Å². The average molecular weight is 304 g/mol. The molecule has 0 radical (unpaired) electrons. The molecular formula is C18H21FOS. The van der Waals surface area contributed by atoms with Crippen molar-refractivity contribution in [3.8, 4) is 0 Å². The van der Waals surface area contributed by atoms with E-state index in [-0.39, 0.29) is 11.2 Å². The number of allylic oxidation sites excluding steroid dienone is 4. The molecule has 0 saturated carbocycles. The van der Waals surface area contributed by atoms with Gasteiger partial charge in [-0.15, -0.1) is 11.8 Å². The van der Waals surface area contributed by atoms with E-state index in [1.54, 1.807) is 6.07 Å². The van der Waals surface area contributed by atoms with E-state index in [1.165, 1.54) is 23.9 Å². The number of rotatable bonds is 2. The highest BCUT2D eigenvalue weighted by Crippen LogP contribution is 2.38. The van der Waals surface area contributed by atoms with E-state index in [9.17, 15) is 9.50 Å². The normalized spacial score (nSPS) is 19.0. The van der Waals surface area contributed by atoms with Gasteiger partial charge >= 0.3 is 0 Å². The van der Waals surface area contributed by atoms with Crippen LogP contribution in [-0.2, 0) is 0 Å². The van der Waals surface area contributed by atoms with Gasteiger partial charge in [0.15, 0.2) is 0 Å². The van der Waals surface area contributed by atoms with Crippen LogP contribution in [0.3, 0.4) is 0 Å². The molecule has 0 spiro atoms. The minimum absolute atomic E-state index is 0.132. The SMILES string of the molecule is CSc1cc(F)ccc1C1=CC=CC=C(C(C)(C)C)C1O. The average Bonchev–Trinajstić information content (AvgIpc) is 2.60. The predicted octanol–water partition coefficient (Wildman–Crippen LogP) is 4.83. The van der Waals surface area contributed by atoms with Gasteiger partial charge in [-0.25, -0.2) is 4.39 Å². The molecule has 1 nitrogen and oxygen atoms in total. The van der Waals surface area contributed by atoms with Gasteiger partial charge in [0.1, 0.15) is 11.9 Å². The van der Waals surface area contributed by atoms with Gasteiger partial charge in [-0.05, 0) is 40.5 Å². The van der Waals surface area contributed by atoms with Crippen LogP contribution in [-0.4, -0.2) is 17.5 Å². The lowest BCUT2D eigenvalue weighted by molar-refractivity contribution is 0.237. The molecule has 1 N–H and O–H groups in total. The third kappa shape index (κ3) is 3.47. The van der Waals surface area contributed by atoms with Crippen LogP contribution in [0.5, 0.6) is 0 Å². The van der Waals surface area contributed by atoms with E-state index in [4.69, 9.17) is 0 Å². The summed E-state index contributed by atoms with van der Waals surface area (Å²) in [6.07, 6.45) is 8.97. The number of benzene rings is 1. The van der Waals surface area contributed by atoms with E-state index >= 15 is 0 Å². The Morgan fingerprint density at radius 2 is 1.81 bits per heavy atom. The molecule has 112 valence electrons. The summed E-state index contributed by atoms with van der Waals surface area (Å²) in [5.74, 6) is -0.256. The van der Waals surface area contributed by atoms with Crippen molar-refractivity contribution in [1.82, 2.24) is 0 Å². The Labute approximate surface area is 130 Å². The van der Waals surface area contributed by atoms with Crippen LogP contribution in [0.2, 0.25) is 0 Å². The molecule has 1 aliphatic rings. The number of hydrogen-bond acceptors (Lipinski definition) is 2. The fourth-order valence-electron chi connectivity index (χ4n) is 2.47. The fraction of sp³-hybridized carbons (Fsp3) is 0.333. The minimum Gasteiger partial charge on any atom is -0.384 e. The van der Waals surface area contributed by atoms with Crippen molar-refractivity contribution in [2.75, 3.05) is 6.26 Å². The highest BCUT2D eigenvalue weighted by Gasteiger charge is 2.28. The third-order valence-electron chi connectivity index (χ3n) is 3.59. The van der Waals surface area contributed by atoms with Gasteiger partial charge in [-0.3, -0.25) is 0 Å². The Balaban J connectivity index is 2.52. The molecule has 21 heavy (non-hydrogen) atoms. The summed E-state index contributed by atoms with van der Waals surface area (Å²) < 4.78 is 13.4. The molecule has 1 aliphatic carbocycles. The zero-order valence-corrected chi connectivity index (χ0v) is 13.7. The number of aliphatic hydroxyl groups excluding tert-OH is 1. The number of thioether (sulfide) groups is 1. The van der Waals surface area contributed by atoms with E-state index < -0.39 is 6.10 Å². The lowest BCUT2D eigenvalue weighted by atomic mass is 9.80. The molecule has 1 aromatic carbocycles. The van der Waals surface area contributed by atoms with E-state index in [2.05, 4.69) is 20.8 Å². The van der Waals surface area contributed by atoms with Gasteiger partial charge in [0, 0.05) is 4.90 Å². The number of halogens is 1. The second kappa shape index (κ2) is 6.20. The molecule has 3 heteroatoms. The van der Waals surface area contributed by atoms with Crippen molar-refractivity contribution in [3.63, 3.8) is 0 Å². The Morgan fingerprint density at radius 1 is 1.14 bits per heavy atom. The van der Waals surface area contributed by atoms with Gasteiger partial charge < -0.3 is 5.11 Å². The standard InChI is InChI=1S/C18H21FOS/c1-18(2,3)15-8-6-5-7-14(17(15)20)13-10-9-12(19)11-16(13)21-4/h5-11,17,20H,1-4H3. The molecule has 0 bridgehead atoms. The summed E-state index contributed by atoms with van der Waals surface area (Å²) >= 11 is 1.49. The molecule has 2 rings (SSSR count). The quantitative estimate of drug-likeness (QED) is 0.789. The Bertz CT molecular complexity index is 621. The second-order valence-electron chi connectivity index (χ2n) is 6.13. The van der Waals surface area contributed by atoms with Crippen molar-refractivity contribution >= 4 is 17.3 Å². The van der Waals surface area contributed by atoms with E-state index in [1.807, 2.05) is 30.6 Å².